The molecule has 0 aromatic rings. The molecule has 0 bridgehead atoms. The van der Waals surface area contributed by atoms with E-state index in [1.54, 1.807) is 0 Å². The zero-order chi connectivity index (χ0) is 20.8. The summed E-state index contributed by atoms with van der Waals surface area (Å²) in [6.07, 6.45) is -3.38. The van der Waals surface area contributed by atoms with E-state index in [0.717, 1.165) is 27.7 Å². The minimum Gasteiger partial charge on any atom is -0.461 e. The van der Waals surface area contributed by atoms with Gasteiger partial charge < -0.3 is 23.7 Å². The topological polar surface area (TPSA) is 132 Å². The van der Waals surface area contributed by atoms with Gasteiger partial charge in [-0.1, -0.05) is 0 Å². The minimum atomic E-state index is -1.60. The summed E-state index contributed by atoms with van der Waals surface area (Å²) in [5.74, 6) is -3.46. The predicted octanol–water partition coefficient (Wildman–Crippen LogP) is 0.440. The molecule has 152 valence electrons. The quantitative estimate of drug-likeness (QED) is 0.466. The minimum absolute atomic E-state index is 0.0352. The van der Waals surface area contributed by atoms with Gasteiger partial charge in [-0.05, 0) is 12.8 Å². The number of carbonyl (C=O) groups is 5. The smallest absolute Gasteiger partial charge is 0.303 e. The van der Waals surface area contributed by atoms with Crippen LogP contribution in [0.5, 0.6) is 0 Å². The Bertz CT molecular complexity index is 613. The first-order valence-corrected chi connectivity index (χ1v) is 8.31. The van der Waals surface area contributed by atoms with E-state index >= 15 is 0 Å². The third kappa shape index (κ3) is 6.54. The molecule has 0 aromatic carbocycles. The summed E-state index contributed by atoms with van der Waals surface area (Å²) in [6.45, 7) is 5.30. The van der Waals surface area contributed by atoms with E-state index in [4.69, 9.17) is 23.7 Å². The van der Waals surface area contributed by atoms with Crippen LogP contribution in [0.4, 0.5) is 0 Å². The van der Waals surface area contributed by atoms with Crippen LogP contribution in [0.2, 0.25) is 0 Å². The second-order valence-corrected chi connectivity index (χ2v) is 6.23. The summed E-state index contributed by atoms with van der Waals surface area (Å²) in [6, 6.07) is 0. The maximum Gasteiger partial charge on any atom is 0.303 e. The highest BCUT2D eigenvalue weighted by Gasteiger charge is 2.57. The second-order valence-electron chi connectivity index (χ2n) is 6.23. The monoisotopic (exact) mass is 388 g/mol. The molecule has 10 heteroatoms. The number of hydrogen-bond donors (Lipinski definition) is 0. The average molecular weight is 388 g/mol. The largest absolute Gasteiger partial charge is 0.461 e. The van der Waals surface area contributed by atoms with Crippen molar-refractivity contribution < 1.29 is 47.7 Å². The van der Waals surface area contributed by atoms with Gasteiger partial charge in [-0.3, -0.25) is 24.0 Å². The van der Waals surface area contributed by atoms with Gasteiger partial charge in [0.2, 0.25) is 0 Å². The predicted molar refractivity (Wildman–Crippen MR) is 87.0 cm³/mol. The zero-order valence-corrected chi connectivity index (χ0v) is 15.9. The van der Waals surface area contributed by atoms with E-state index in [0.29, 0.717) is 0 Å². The van der Waals surface area contributed by atoms with E-state index in [-0.39, 0.29) is 12.8 Å². The number of ether oxygens (including phenoxy) is 5. The molecule has 1 fully saturated rings. The van der Waals surface area contributed by atoms with Gasteiger partial charge in [0.1, 0.15) is 12.7 Å². The van der Waals surface area contributed by atoms with Gasteiger partial charge in [0.15, 0.2) is 17.8 Å². The lowest BCUT2D eigenvalue weighted by atomic mass is 9.78. The lowest BCUT2D eigenvalue weighted by Crippen LogP contribution is -2.64. The average Bonchev–Trinajstić information content (AvgIpc) is 2.49. The van der Waals surface area contributed by atoms with Crippen molar-refractivity contribution in [2.24, 2.45) is 0 Å². The van der Waals surface area contributed by atoms with Crippen LogP contribution >= 0.6 is 0 Å². The number of hydrogen-bond acceptors (Lipinski definition) is 10. The number of carbonyl (C=O) groups excluding carboxylic acids is 5. The molecule has 1 saturated carbocycles. The number of rotatable bonds is 6. The first kappa shape index (κ1) is 22.4. The summed E-state index contributed by atoms with van der Waals surface area (Å²) in [7, 11) is 0. The molecule has 0 spiro atoms. The summed E-state index contributed by atoms with van der Waals surface area (Å²) in [5, 5.41) is 0. The normalized spacial score (nSPS) is 27.1. The maximum atomic E-state index is 11.7. The molecule has 10 nitrogen and oxygen atoms in total. The van der Waals surface area contributed by atoms with E-state index in [9.17, 15) is 24.0 Å². The number of esters is 5. The molecule has 0 N–H and O–H groups in total. The fourth-order valence-electron chi connectivity index (χ4n) is 3.01. The van der Waals surface area contributed by atoms with Crippen LogP contribution in [0.15, 0.2) is 0 Å². The molecule has 0 unspecified atom stereocenters. The van der Waals surface area contributed by atoms with E-state index in [2.05, 4.69) is 0 Å². The Morgan fingerprint density at radius 2 is 1.33 bits per heavy atom. The lowest BCUT2D eigenvalue weighted by Gasteiger charge is -2.47. The lowest BCUT2D eigenvalue weighted by molar-refractivity contribution is -0.241. The van der Waals surface area contributed by atoms with Gasteiger partial charge in [0.05, 0.1) is 0 Å². The summed E-state index contributed by atoms with van der Waals surface area (Å²) < 4.78 is 26.1. The van der Waals surface area contributed by atoms with Gasteiger partial charge >= 0.3 is 29.8 Å². The molecule has 0 radical (unpaired) electrons. The Kier molecular flexibility index (Phi) is 7.74. The van der Waals surface area contributed by atoms with Crippen LogP contribution < -0.4 is 0 Å². The standard InChI is InChI=1S/C17H24O10/c1-9(18)23-8-17(27-13(5)22)7-6-14(24-10(2)19)15(25-11(3)20)16(17)26-12(4)21/h14-16H,6-8H2,1-5H3/t14-,15+,16-,17-/m0/s1. The van der Waals surface area contributed by atoms with E-state index < -0.39 is 60.4 Å². The van der Waals surface area contributed by atoms with Crippen molar-refractivity contribution in [1.29, 1.82) is 0 Å². The van der Waals surface area contributed by atoms with Crippen LogP contribution in [-0.4, -0.2) is 60.4 Å². The molecule has 27 heavy (non-hydrogen) atoms. The fraction of sp³-hybridized carbons (Fsp3) is 0.706. The van der Waals surface area contributed by atoms with E-state index in [1.807, 2.05) is 0 Å². The van der Waals surface area contributed by atoms with Crippen LogP contribution in [0.25, 0.3) is 0 Å². The van der Waals surface area contributed by atoms with Crippen LogP contribution in [0, 0.1) is 0 Å². The Balaban J connectivity index is 3.37. The summed E-state index contributed by atoms with van der Waals surface area (Å²) >= 11 is 0. The van der Waals surface area contributed by atoms with Gasteiger partial charge in [-0.2, -0.15) is 0 Å². The van der Waals surface area contributed by atoms with Crippen molar-refractivity contribution in [1.82, 2.24) is 0 Å². The van der Waals surface area contributed by atoms with Crippen LogP contribution in [-0.2, 0) is 47.7 Å². The van der Waals surface area contributed by atoms with Crippen molar-refractivity contribution in [3.05, 3.63) is 0 Å². The molecule has 0 aromatic heterocycles. The molecular formula is C17H24O10. The van der Waals surface area contributed by atoms with Crippen molar-refractivity contribution in [2.75, 3.05) is 6.61 Å². The Morgan fingerprint density at radius 3 is 1.78 bits per heavy atom. The summed E-state index contributed by atoms with van der Waals surface area (Å²) in [5.41, 5.74) is -1.60. The Hall–Kier alpha value is -2.65. The van der Waals surface area contributed by atoms with Crippen molar-refractivity contribution in [2.45, 2.75) is 71.4 Å². The molecule has 4 atom stereocenters. The molecule has 0 aliphatic heterocycles. The molecule has 1 rings (SSSR count). The molecule has 1 aliphatic carbocycles. The van der Waals surface area contributed by atoms with Gasteiger partial charge in [-0.25, -0.2) is 0 Å². The van der Waals surface area contributed by atoms with E-state index in [1.165, 1.54) is 6.92 Å². The fourth-order valence-corrected chi connectivity index (χ4v) is 3.01. The Labute approximate surface area is 156 Å². The molecular weight excluding hydrogens is 364 g/mol. The molecule has 0 saturated heterocycles. The van der Waals surface area contributed by atoms with Crippen molar-refractivity contribution >= 4 is 29.8 Å². The first-order chi connectivity index (χ1) is 12.5. The molecule has 0 amide bonds. The molecule has 1 aliphatic rings. The third-order valence-corrected chi connectivity index (χ3v) is 3.81. The maximum absolute atomic E-state index is 11.7. The molecule has 0 heterocycles. The van der Waals surface area contributed by atoms with Gasteiger partial charge in [-0.15, -0.1) is 0 Å². The summed E-state index contributed by atoms with van der Waals surface area (Å²) in [4.78, 5) is 57.6. The van der Waals surface area contributed by atoms with Crippen molar-refractivity contribution in [3.8, 4) is 0 Å². The van der Waals surface area contributed by atoms with Gasteiger partial charge in [0, 0.05) is 34.6 Å². The third-order valence-electron chi connectivity index (χ3n) is 3.81. The van der Waals surface area contributed by atoms with Crippen LogP contribution in [0.1, 0.15) is 47.5 Å². The first-order valence-electron chi connectivity index (χ1n) is 8.31. The highest BCUT2D eigenvalue weighted by Crippen LogP contribution is 2.38. The zero-order valence-electron chi connectivity index (χ0n) is 15.9. The van der Waals surface area contributed by atoms with Crippen molar-refractivity contribution in [3.63, 3.8) is 0 Å². The highest BCUT2D eigenvalue weighted by atomic mass is 16.6. The second kappa shape index (κ2) is 9.33. The van der Waals surface area contributed by atoms with Gasteiger partial charge in [0.25, 0.3) is 0 Å². The van der Waals surface area contributed by atoms with Crippen LogP contribution in [0.3, 0.4) is 0 Å². The highest BCUT2D eigenvalue weighted by molar-refractivity contribution is 5.70. The SMILES string of the molecule is CC(=O)OC[C@@]1(OC(C)=O)CC[C@H](OC(C)=O)[C@@H](OC(C)=O)[C@@H]1OC(C)=O. The Morgan fingerprint density at radius 1 is 0.778 bits per heavy atom.